The molecule has 1 saturated heterocycles. The molecule has 1 N–H and O–H groups in total. The zero-order valence-corrected chi connectivity index (χ0v) is 10.9. The average molecular weight is 280 g/mol. The van der Waals surface area contributed by atoms with Crippen molar-refractivity contribution in [2.75, 3.05) is 13.1 Å². The lowest BCUT2D eigenvalue weighted by Crippen LogP contribution is -2.41. The van der Waals surface area contributed by atoms with E-state index >= 15 is 0 Å². The van der Waals surface area contributed by atoms with Crippen LogP contribution >= 0.6 is 0 Å². The Bertz CT molecular complexity index is 514. The molecule has 1 aromatic carbocycles. The molecule has 0 bridgehead atoms. The standard InChI is InChI=1S/C12H16N4O4/c17-15(18)11-5-4-10(12(8-11)16(19)20)9-13-14-6-2-1-3-7-14/h4-5,8,13H,1-3,6-7,9H2. The van der Waals surface area contributed by atoms with Crippen LogP contribution in [0.1, 0.15) is 24.8 Å². The first-order valence-corrected chi connectivity index (χ1v) is 6.48. The van der Waals surface area contributed by atoms with Gasteiger partial charge in [-0.25, -0.2) is 5.01 Å². The van der Waals surface area contributed by atoms with Crippen LogP contribution in [0, 0.1) is 20.2 Å². The molecule has 1 aliphatic rings. The van der Waals surface area contributed by atoms with Crippen molar-refractivity contribution in [3.8, 4) is 0 Å². The van der Waals surface area contributed by atoms with Crippen LogP contribution in [0.4, 0.5) is 11.4 Å². The second kappa shape index (κ2) is 6.40. The van der Waals surface area contributed by atoms with E-state index in [1.165, 1.54) is 18.6 Å². The predicted octanol–water partition coefficient (Wildman–Crippen LogP) is 1.99. The van der Waals surface area contributed by atoms with Gasteiger partial charge in [0, 0.05) is 31.3 Å². The molecule has 0 atom stereocenters. The third-order valence-electron chi connectivity index (χ3n) is 3.33. The Morgan fingerprint density at radius 3 is 2.40 bits per heavy atom. The molecular weight excluding hydrogens is 264 g/mol. The van der Waals surface area contributed by atoms with E-state index in [1.54, 1.807) is 0 Å². The molecule has 0 spiro atoms. The smallest absolute Gasteiger partial charge is 0.258 e. The van der Waals surface area contributed by atoms with Crippen LogP contribution in [0.5, 0.6) is 0 Å². The van der Waals surface area contributed by atoms with E-state index in [1.807, 2.05) is 5.01 Å². The molecule has 20 heavy (non-hydrogen) atoms. The molecule has 108 valence electrons. The van der Waals surface area contributed by atoms with Crippen LogP contribution in [0.25, 0.3) is 0 Å². The molecule has 0 amide bonds. The molecule has 0 radical (unpaired) electrons. The normalized spacial score (nSPS) is 16.0. The van der Waals surface area contributed by atoms with Crippen molar-refractivity contribution < 1.29 is 9.85 Å². The number of non-ortho nitro benzene ring substituents is 1. The lowest BCUT2D eigenvalue weighted by atomic mass is 10.1. The summed E-state index contributed by atoms with van der Waals surface area (Å²) in [6, 6.07) is 3.74. The Hall–Kier alpha value is -2.06. The lowest BCUT2D eigenvalue weighted by molar-refractivity contribution is -0.394. The van der Waals surface area contributed by atoms with E-state index in [0.29, 0.717) is 12.1 Å². The zero-order chi connectivity index (χ0) is 14.5. The summed E-state index contributed by atoms with van der Waals surface area (Å²) in [7, 11) is 0. The molecule has 0 unspecified atom stereocenters. The molecule has 1 fully saturated rings. The molecule has 1 aromatic rings. The van der Waals surface area contributed by atoms with Crippen molar-refractivity contribution in [3.05, 3.63) is 44.0 Å². The number of piperidine rings is 1. The van der Waals surface area contributed by atoms with Gasteiger partial charge in [0.05, 0.1) is 15.9 Å². The molecular formula is C12H16N4O4. The summed E-state index contributed by atoms with van der Waals surface area (Å²) >= 11 is 0. The maximum atomic E-state index is 11.0. The molecule has 0 aliphatic carbocycles. The van der Waals surface area contributed by atoms with Crippen LogP contribution < -0.4 is 5.43 Å². The van der Waals surface area contributed by atoms with Gasteiger partial charge in [-0.15, -0.1) is 0 Å². The van der Waals surface area contributed by atoms with Gasteiger partial charge >= 0.3 is 0 Å². The predicted molar refractivity (Wildman–Crippen MR) is 72.0 cm³/mol. The fourth-order valence-corrected chi connectivity index (χ4v) is 2.23. The van der Waals surface area contributed by atoms with E-state index in [0.717, 1.165) is 32.0 Å². The molecule has 8 nitrogen and oxygen atoms in total. The number of rotatable bonds is 5. The van der Waals surface area contributed by atoms with Crippen molar-refractivity contribution >= 4 is 11.4 Å². The van der Waals surface area contributed by atoms with Crippen molar-refractivity contribution in [2.24, 2.45) is 0 Å². The number of nitro groups is 2. The zero-order valence-electron chi connectivity index (χ0n) is 10.9. The van der Waals surface area contributed by atoms with Crippen LogP contribution in [-0.2, 0) is 6.54 Å². The Kier molecular flexibility index (Phi) is 4.59. The topological polar surface area (TPSA) is 102 Å². The first-order chi connectivity index (χ1) is 9.58. The first kappa shape index (κ1) is 14.4. The molecule has 2 rings (SSSR count). The first-order valence-electron chi connectivity index (χ1n) is 6.48. The summed E-state index contributed by atoms with van der Waals surface area (Å²) in [6.07, 6.45) is 3.42. The lowest BCUT2D eigenvalue weighted by Gasteiger charge is -2.27. The minimum absolute atomic E-state index is 0.219. The van der Waals surface area contributed by atoms with Crippen LogP contribution in [0.2, 0.25) is 0 Å². The van der Waals surface area contributed by atoms with Crippen LogP contribution in [0.3, 0.4) is 0 Å². The number of nitrogens with one attached hydrogen (secondary N) is 1. The van der Waals surface area contributed by atoms with Crippen LogP contribution in [0.15, 0.2) is 18.2 Å². The summed E-state index contributed by atoms with van der Waals surface area (Å²) in [6.45, 7) is 2.13. The molecule has 1 heterocycles. The van der Waals surface area contributed by atoms with Gasteiger partial charge in [0.15, 0.2) is 0 Å². The van der Waals surface area contributed by atoms with Crippen molar-refractivity contribution in [2.45, 2.75) is 25.8 Å². The fraction of sp³-hybridized carbons (Fsp3) is 0.500. The Balaban J connectivity index is 2.09. The Morgan fingerprint density at radius 1 is 1.10 bits per heavy atom. The minimum atomic E-state index is -0.630. The fourth-order valence-electron chi connectivity index (χ4n) is 2.23. The van der Waals surface area contributed by atoms with E-state index in [9.17, 15) is 20.2 Å². The third-order valence-corrected chi connectivity index (χ3v) is 3.33. The van der Waals surface area contributed by atoms with Gasteiger partial charge in [-0.05, 0) is 18.9 Å². The van der Waals surface area contributed by atoms with E-state index in [-0.39, 0.29) is 11.4 Å². The highest BCUT2D eigenvalue weighted by atomic mass is 16.6. The molecule has 0 saturated carbocycles. The number of hydrazine groups is 1. The monoisotopic (exact) mass is 280 g/mol. The van der Waals surface area contributed by atoms with Gasteiger partial charge in [0.1, 0.15) is 0 Å². The van der Waals surface area contributed by atoms with Gasteiger partial charge in [-0.3, -0.25) is 25.7 Å². The minimum Gasteiger partial charge on any atom is -0.258 e. The van der Waals surface area contributed by atoms with Gasteiger partial charge in [-0.2, -0.15) is 0 Å². The number of hydrogen-bond donors (Lipinski definition) is 1. The second-order valence-corrected chi connectivity index (χ2v) is 4.71. The number of nitro benzene ring substituents is 2. The summed E-state index contributed by atoms with van der Waals surface area (Å²) < 4.78 is 0. The highest BCUT2D eigenvalue weighted by Crippen LogP contribution is 2.24. The molecule has 8 heteroatoms. The van der Waals surface area contributed by atoms with Crippen LogP contribution in [-0.4, -0.2) is 27.9 Å². The van der Waals surface area contributed by atoms with Crippen molar-refractivity contribution in [1.82, 2.24) is 10.4 Å². The van der Waals surface area contributed by atoms with Crippen molar-refractivity contribution in [1.29, 1.82) is 0 Å². The Morgan fingerprint density at radius 2 is 1.80 bits per heavy atom. The highest BCUT2D eigenvalue weighted by molar-refractivity contribution is 5.49. The summed E-state index contributed by atoms with van der Waals surface area (Å²) in [5, 5.41) is 23.7. The molecule has 0 aromatic heterocycles. The van der Waals surface area contributed by atoms with E-state index < -0.39 is 9.85 Å². The summed E-state index contributed by atoms with van der Waals surface area (Å²) in [4.78, 5) is 20.4. The number of nitrogens with zero attached hydrogens (tertiary/aromatic N) is 3. The second-order valence-electron chi connectivity index (χ2n) is 4.71. The highest BCUT2D eigenvalue weighted by Gasteiger charge is 2.20. The Labute approximate surface area is 115 Å². The number of hydrogen-bond acceptors (Lipinski definition) is 6. The van der Waals surface area contributed by atoms with Gasteiger partial charge < -0.3 is 0 Å². The van der Waals surface area contributed by atoms with Gasteiger partial charge in [-0.1, -0.05) is 6.42 Å². The van der Waals surface area contributed by atoms with Gasteiger partial charge in [0.25, 0.3) is 11.4 Å². The summed E-state index contributed by atoms with van der Waals surface area (Å²) in [5.74, 6) is 0. The quantitative estimate of drug-likeness (QED) is 0.653. The van der Waals surface area contributed by atoms with Crippen molar-refractivity contribution in [3.63, 3.8) is 0 Å². The number of benzene rings is 1. The molecule has 1 aliphatic heterocycles. The SMILES string of the molecule is O=[N+]([O-])c1ccc(CNN2CCCCC2)c([N+](=O)[O-])c1. The maximum absolute atomic E-state index is 11.0. The third kappa shape index (κ3) is 3.49. The van der Waals surface area contributed by atoms with Gasteiger partial charge in [0.2, 0.25) is 0 Å². The maximum Gasteiger partial charge on any atom is 0.280 e. The van der Waals surface area contributed by atoms with E-state index in [2.05, 4.69) is 5.43 Å². The largest absolute Gasteiger partial charge is 0.280 e. The summed E-state index contributed by atoms with van der Waals surface area (Å²) in [5.41, 5.74) is 3.11. The van der Waals surface area contributed by atoms with E-state index in [4.69, 9.17) is 0 Å². The average Bonchev–Trinajstić information content (AvgIpc) is 2.45.